The Morgan fingerprint density at radius 1 is 1.30 bits per heavy atom. The number of benzene rings is 1. The molecule has 10 heteroatoms. The topological polar surface area (TPSA) is 93.5 Å². The Balaban J connectivity index is 1.79. The lowest BCUT2D eigenvalue weighted by atomic mass is 10.1. The van der Waals surface area contributed by atoms with Gasteiger partial charge in [-0.3, -0.25) is 4.79 Å². The molecule has 1 saturated heterocycles. The van der Waals surface area contributed by atoms with Crippen LogP contribution in [0.4, 0.5) is 13.2 Å². The quantitative estimate of drug-likeness (QED) is 0.828. The highest BCUT2D eigenvalue weighted by Crippen LogP contribution is 2.33. The van der Waals surface area contributed by atoms with Crippen molar-refractivity contribution in [3.63, 3.8) is 0 Å². The Bertz CT molecular complexity index is 840. The predicted molar refractivity (Wildman–Crippen MR) is 86.8 cm³/mol. The highest BCUT2D eigenvalue weighted by molar-refractivity contribution is 5.94. The molecule has 7 nitrogen and oxygen atoms in total. The van der Waals surface area contributed by atoms with Gasteiger partial charge >= 0.3 is 12.1 Å². The van der Waals surface area contributed by atoms with Crippen molar-refractivity contribution in [3.05, 3.63) is 47.3 Å². The van der Waals surface area contributed by atoms with Crippen molar-refractivity contribution in [3.8, 4) is 5.69 Å². The van der Waals surface area contributed by atoms with E-state index in [0.717, 1.165) is 12.8 Å². The number of hydrogen-bond acceptors (Lipinski definition) is 4. The van der Waals surface area contributed by atoms with Gasteiger partial charge in [-0.25, -0.2) is 9.48 Å². The van der Waals surface area contributed by atoms with Crippen LogP contribution < -0.4 is 5.32 Å². The monoisotopic (exact) mass is 383 g/mol. The minimum Gasteiger partial charge on any atom is -0.478 e. The molecule has 144 valence electrons. The summed E-state index contributed by atoms with van der Waals surface area (Å²) in [4.78, 5) is 23.1. The first kappa shape index (κ1) is 18.9. The van der Waals surface area contributed by atoms with E-state index in [1.165, 1.54) is 24.3 Å². The summed E-state index contributed by atoms with van der Waals surface area (Å²) in [5, 5.41) is 15.2. The standard InChI is InChI=1S/C17H16F3N3O4/c18-17(19,20)14-13(16(25)26)9-22-23(14)11-5-3-10(4-6-11)15(24)21-8-12-2-1-7-27-12/h3-6,9,12H,1-2,7-8H2,(H,21,24)(H,25,26). The maximum atomic E-state index is 13.2. The van der Waals surface area contributed by atoms with Gasteiger partial charge in [-0.05, 0) is 37.1 Å². The van der Waals surface area contributed by atoms with Crippen LogP contribution in [0, 0.1) is 0 Å². The lowest BCUT2D eigenvalue weighted by Gasteiger charge is -2.13. The molecule has 0 spiro atoms. The minimum absolute atomic E-state index is 0.00880. The van der Waals surface area contributed by atoms with Gasteiger partial charge in [0.25, 0.3) is 5.91 Å². The minimum atomic E-state index is -4.90. The number of halogens is 3. The van der Waals surface area contributed by atoms with Crippen LogP contribution in [0.3, 0.4) is 0 Å². The zero-order valence-corrected chi connectivity index (χ0v) is 14.0. The number of carboxylic acids is 1. The Kier molecular flexibility index (Phi) is 5.17. The number of carbonyl (C=O) groups is 2. The number of amides is 1. The number of carboxylic acid groups (broad SMARTS) is 1. The molecule has 1 aliphatic rings. The smallest absolute Gasteiger partial charge is 0.434 e. The second-order valence-electron chi connectivity index (χ2n) is 6.01. The average Bonchev–Trinajstić information content (AvgIpc) is 3.29. The third kappa shape index (κ3) is 4.11. The molecule has 0 bridgehead atoms. The van der Waals surface area contributed by atoms with E-state index in [2.05, 4.69) is 10.4 Å². The van der Waals surface area contributed by atoms with Crippen LogP contribution in [0.15, 0.2) is 30.5 Å². The van der Waals surface area contributed by atoms with Crippen molar-refractivity contribution < 1.29 is 32.6 Å². The van der Waals surface area contributed by atoms with Gasteiger partial charge in [-0.2, -0.15) is 18.3 Å². The first-order chi connectivity index (χ1) is 12.8. The number of rotatable bonds is 5. The van der Waals surface area contributed by atoms with Gasteiger partial charge in [0.2, 0.25) is 0 Å². The van der Waals surface area contributed by atoms with Gasteiger partial charge < -0.3 is 15.2 Å². The molecule has 1 atom stereocenters. The fourth-order valence-corrected chi connectivity index (χ4v) is 2.84. The number of carbonyl (C=O) groups excluding carboxylic acids is 1. The molecule has 1 unspecified atom stereocenters. The Labute approximate surface area is 151 Å². The predicted octanol–water partition coefficient (Wildman–Crippen LogP) is 2.50. The summed E-state index contributed by atoms with van der Waals surface area (Å²) in [6, 6.07) is 5.24. The lowest BCUT2D eigenvalue weighted by Crippen LogP contribution is -2.31. The van der Waals surface area contributed by atoms with E-state index >= 15 is 0 Å². The third-order valence-electron chi connectivity index (χ3n) is 4.16. The molecule has 1 amide bonds. The molecule has 1 aliphatic heterocycles. The molecule has 2 heterocycles. The van der Waals surface area contributed by atoms with Crippen LogP contribution in [0.5, 0.6) is 0 Å². The maximum absolute atomic E-state index is 13.2. The van der Waals surface area contributed by atoms with Crippen molar-refractivity contribution in [2.75, 3.05) is 13.2 Å². The molecule has 1 aromatic carbocycles. The fraction of sp³-hybridized carbons (Fsp3) is 0.353. The van der Waals surface area contributed by atoms with E-state index in [1.807, 2.05) is 0 Å². The number of alkyl halides is 3. The molecule has 3 rings (SSSR count). The molecule has 0 saturated carbocycles. The molecule has 27 heavy (non-hydrogen) atoms. The summed E-state index contributed by atoms with van der Waals surface area (Å²) < 4.78 is 45.6. The largest absolute Gasteiger partial charge is 0.478 e. The van der Waals surface area contributed by atoms with E-state index in [4.69, 9.17) is 9.84 Å². The summed E-state index contributed by atoms with van der Waals surface area (Å²) in [6.07, 6.45) is -2.47. The highest BCUT2D eigenvalue weighted by atomic mass is 19.4. The normalized spacial score (nSPS) is 17.1. The summed E-state index contributed by atoms with van der Waals surface area (Å²) in [7, 11) is 0. The Morgan fingerprint density at radius 2 is 2.00 bits per heavy atom. The van der Waals surface area contributed by atoms with Crippen molar-refractivity contribution in [2.24, 2.45) is 0 Å². The van der Waals surface area contributed by atoms with Crippen molar-refractivity contribution in [1.29, 1.82) is 0 Å². The molecule has 0 radical (unpaired) electrons. The van der Waals surface area contributed by atoms with Gasteiger partial charge in [0.15, 0.2) is 5.69 Å². The number of nitrogens with one attached hydrogen (secondary N) is 1. The second kappa shape index (κ2) is 7.39. The van der Waals surface area contributed by atoms with Crippen molar-refractivity contribution in [1.82, 2.24) is 15.1 Å². The second-order valence-corrected chi connectivity index (χ2v) is 6.01. The zero-order valence-electron chi connectivity index (χ0n) is 14.0. The highest BCUT2D eigenvalue weighted by Gasteiger charge is 2.40. The number of nitrogens with zero attached hydrogens (tertiary/aromatic N) is 2. The molecule has 2 N–H and O–H groups in total. The summed E-state index contributed by atoms with van der Waals surface area (Å²) in [5.41, 5.74) is -2.08. The maximum Gasteiger partial charge on any atom is 0.434 e. The summed E-state index contributed by atoms with van der Waals surface area (Å²) in [6.45, 7) is 1.03. The Hall–Kier alpha value is -2.88. The van der Waals surface area contributed by atoms with Crippen LogP contribution in [0.25, 0.3) is 5.69 Å². The first-order valence-electron chi connectivity index (χ1n) is 8.16. The molecular formula is C17H16F3N3O4. The number of aromatic carboxylic acids is 1. The molecule has 1 aromatic heterocycles. The third-order valence-corrected chi connectivity index (χ3v) is 4.16. The number of ether oxygens (including phenoxy) is 1. The van der Waals surface area contributed by atoms with Crippen molar-refractivity contribution >= 4 is 11.9 Å². The number of aromatic nitrogens is 2. The zero-order chi connectivity index (χ0) is 19.6. The van der Waals surface area contributed by atoms with Crippen LogP contribution in [0.2, 0.25) is 0 Å². The Morgan fingerprint density at radius 3 is 2.56 bits per heavy atom. The van der Waals surface area contributed by atoms with Gasteiger partial charge in [0, 0.05) is 18.7 Å². The van der Waals surface area contributed by atoms with E-state index < -0.39 is 23.4 Å². The van der Waals surface area contributed by atoms with Crippen LogP contribution in [0.1, 0.15) is 39.3 Å². The molecule has 0 aliphatic carbocycles. The van der Waals surface area contributed by atoms with Crippen LogP contribution in [-0.4, -0.2) is 46.0 Å². The van der Waals surface area contributed by atoms with Gasteiger partial charge in [-0.1, -0.05) is 0 Å². The van der Waals surface area contributed by atoms with E-state index in [0.29, 0.717) is 24.0 Å². The first-order valence-corrected chi connectivity index (χ1v) is 8.16. The average molecular weight is 383 g/mol. The molecular weight excluding hydrogens is 367 g/mol. The van der Waals surface area contributed by atoms with Gasteiger partial charge in [0.1, 0.15) is 5.56 Å². The van der Waals surface area contributed by atoms with E-state index in [9.17, 15) is 22.8 Å². The molecule has 2 aromatic rings. The van der Waals surface area contributed by atoms with E-state index in [1.54, 1.807) is 0 Å². The summed E-state index contributed by atoms with van der Waals surface area (Å²) >= 11 is 0. The molecule has 1 fully saturated rings. The number of hydrogen-bond donors (Lipinski definition) is 2. The summed E-state index contributed by atoms with van der Waals surface area (Å²) in [5.74, 6) is -2.10. The van der Waals surface area contributed by atoms with Crippen molar-refractivity contribution in [2.45, 2.75) is 25.1 Å². The SMILES string of the molecule is O=C(NCC1CCCO1)c1ccc(-n2ncc(C(=O)O)c2C(F)(F)F)cc1. The lowest BCUT2D eigenvalue weighted by molar-refractivity contribution is -0.143. The fourth-order valence-electron chi connectivity index (χ4n) is 2.84. The van der Waals surface area contributed by atoms with Gasteiger partial charge in [-0.15, -0.1) is 0 Å². The van der Waals surface area contributed by atoms with E-state index in [-0.39, 0.29) is 23.3 Å². The van der Waals surface area contributed by atoms with Crippen LogP contribution >= 0.6 is 0 Å². The van der Waals surface area contributed by atoms with Crippen LogP contribution in [-0.2, 0) is 10.9 Å². The van der Waals surface area contributed by atoms with Gasteiger partial charge in [0.05, 0.1) is 18.0 Å².